The Hall–Kier alpha value is -2.04. The minimum Gasteiger partial charge on any atom is -0.496 e. The predicted octanol–water partition coefficient (Wildman–Crippen LogP) is 2.38. The molecule has 1 N–H and O–H groups in total. The molecule has 126 valence electrons. The van der Waals surface area contributed by atoms with Crippen LogP contribution < -0.4 is 10.1 Å². The lowest BCUT2D eigenvalue weighted by Gasteiger charge is -2.33. The molecular weight excluding hydrogens is 292 g/mol. The van der Waals surface area contributed by atoms with Crippen molar-refractivity contribution in [3.63, 3.8) is 0 Å². The summed E-state index contributed by atoms with van der Waals surface area (Å²) in [5.74, 6) is 0.688. The van der Waals surface area contributed by atoms with Gasteiger partial charge in [-0.15, -0.1) is 0 Å². The van der Waals surface area contributed by atoms with E-state index in [1.54, 1.807) is 7.11 Å². The third kappa shape index (κ3) is 4.24. The van der Waals surface area contributed by atoms with E-state index < -0.39 is 0 Å². The van der Waals surface area contributed by atoms with Gasteiger partial charge in [0.2, 0.25) is 5.91 Å². The van der Waals surface area contributed by atoms with Gasteiger partial charge in [0.25, 0.3) is 5.91 Å². The largest absolute Gasteiger partial charge is 0.496 e. The Morgan fingerprint density at radius 1 is 1.26 bits per heavy atom. The normalized spacial score (nSPS) is 15.6. The molecule has 0 saturated carbocycles. The van der Waals surface area contributed by atoms with Crippen molar-refractivity contribution in [1.82, 2.24) is 10.2 Å². The number of carbonyl (C=O) groups is 2. The number of methoxy groups -OCH3 is 1. The van der Waals surface area contributed by atoms with Crippen LogP contribution in [0.4, 0.5) is 0 Å². The maximum Gasteiger partial charge on any atom is 0.255 e. The third-order valence-electron chi connectivity index (χ3n) is 4.24. The topological polar surface area (TPSA) is 58.6 Å². The van der Waals surface area contributed by atoms with Crippen molar-refractivity contribution in [3.05, 3.63) is 29.3 Å². The monoisotopic (exact) mass is 318 g/mol. The highest BCUT2D eigenvalue weighted by Crippen LogP contribution is 2.20. The van der Waals surface area contributed by atoms with Crippen LogP contribution in [0.15, 0.2) is 18.2 Å². The van der Waals surface area contributed by atoms with E-state index in [2.05, 4.69) is 5.32 Å². The summed E-state index contributed by atoms with van der Waals surface area (Å²) in [7, 11) is 1.57. The molecule has 0 bridgehead atoms. The van der Waals surface area contributed by atoms with Crippen molar-refractivity contribution >= 4 is 11.8 Å². The van der Waals surface area contributed by atoms with Crippen LogP contribution in [0, 0.1) is 12.8 Å². The number of amides is 2. The lowest BCUT2D eigenvalue weighted by molar-refractivity contribution is -0.135. The summed E-state index contributed by atoms with van der Waals surface area (Å²) in [6.45, 7) is 7.19. The van der Waals surface area contributed by atoms with Crippen LogP contribution in [0.1, 0.15) is 42.6 Å². The molecule has 23 heavy (non-hydrogen) atoms. The number of likely N-dealkylation sites (tertiary alicyclic amines) is 1. The summed E-state index contributed by atoms with van der Waals surface area (Å²) in [4.78, 5) is 26.4. The van der Waals surface area contributed by atoms with Crippen LogP contribution in [0.3, 0.4) is 0 Å². The molecule has 1 aliphatic heterocycles. The van der Waals surface area contributed by atoms with Gasteiger partial charge in [-0.25, -0.2) is 0 Å². The Labute approximate surface area is 138 Å². The molecule has 2 amide bonds. The first-order valence-corrected chi connectivity index (χ1v) is 8.16. The number of carbonyl (C=O) groups excluding carboxylic acids is 2. The molecule has 5 nitrogen and oxygen atoms in total. The first-order chi connectivity index (χ1) is 10.9. The number of nitrogens with zero attached hydrogens (tertiary/aromatic N) is 1. The predicted molar refractivity (Wildman–Crippen MR) is 89.6 cm³/mol. The van der Waals surface area contributed by atoms with E-state index in [1.165, 1.54) is 0 Å². The molecule has 0 aliphatic carbocycles. The van der Waals surface area contributed by atoms with Gasteiger partial charge in [0, 0.05) is 25.0 Å². The summed E-state index contributed by atoms with van der Waals surface area (Å²) in [5, 5.41) is 3.07. The Kier molecular flexibility index (Phi) is 5.64. The molecule has 1 heterocycles. The van der Waals surface area contributed by atoms with Crippen molar-refractivity contribution in [2.24, 2.45) is 5.92 Å². The van der Waals surface area contributed by atoms with Crippen molar-refractivity contribution in [3.8, 4) is 5.75 Å². The third-order valence-corrected chi connectivity index (χ3v) is 4.24. The number of hydrogen-bond acceptors (Lipinski definition) is 3. The van der Waals surface area contributed by atoms with Gasteiger partial charge in [-0.3, -0.25) is 9.59 Å². The molecule has 1 aromatic carbocycles. The summed E-state index contributed by atoms with van der Waals surface area (Å²) in [6, 6.07) is 5.68. The minimum absolute atomic E-state index is 0.0256. The van der Waals surface area contributed by atoms with Gasteiger partial charge in [-0.1, -0.05) is 25.5 Å². The van der Waals surface area contributed by atoms with E-state index in [0.29, 0.717) is 24.4 Å². The Bertz CT molecular complexity index is 576. The fourth-order valence-electron chi connectivity index (χ4n) is 2.87. The van der Waals surface area contributed by atoms with Gasteiger partial charge in [0.15, 0.2) is 0 Å². The van der Waals surface area contributed by atoms with Crippen LogP contribution in [0.25, 0.3) is 0 Å². The number of rotatable bonds is 4. The minimum atomic E-state index is -0.112. The quantitative estimate of drug-likeness (QED) is 0.927. The SMILES string of the molecule is COc1ccc(C)cc1C(=O)NC1CCN(C(=O)C(C)C)CC1. The molecule has 2 rings (SSSR count). The van der Waals surface area contributed by atoms with Crippen molar-refractivity contribution in [2.45, 2.75) is 39.7 Å². The van der Waals surface area contributed by atoms with Gasteiger partial charge in [0.05, 0.1) is 12.7 Å². The zero-order valence-corrected chi connectivity index (χ0v) is 14.4. The highest BCUT2D eigenvalue weighted by atomic mass is 16.5. The second-order valence-corrected chi connectivity index (χ2v) is 6.43. The molecular formula is C18H26N2O3. The van der Waals surface area contributed by atoms with Crippen LogP contribution in [-0.4, -0.2) is 43.0 Å². The molecule has 0 aromatic heterocycles. The van der Waals surface area contributed by atoms with Crippen LogP contribution >= 0.6 is 0 Å². The van der Waals surface area contributed by atoms with Crippen LogP contribution in [-0.2, 0) is 4.79 Å². The second-order valence-electron chi connectivity index (χ2n) is 6.43. The Morgan fingerprint density at radius 2 is 1.91 bits per heavy atom. The highest BCUT2D eigenvalue weighted by molar-refractivity contribution is 5.97. The van der Waals surface area contributed by atoms with Crippen molar-refractivity contribution < 1.29 is 14.3 Å². The summed E-state index contributed by atoms with van der Waals surface area (Å²) in [5.41, 5.74) is 1.58. The van der Waals surface area contributed by atoms with Crippen molar-refractivity contribution in [1.29, 1.82) is 0 Å². The average molecular weight is 318 g/mol. The van der Waals surface area contributed by atoms with E-state index >= 15 is 0 Å². The standard InChI is InChI=1S/C18H26N2O3/c1-12(2)18(22)20-9-7-14(8-10-20)19-17(21)15-11-13(3)5-6-16(15)23-4/h5-6,11-12,14H,7-10H2,1-4H3,(H,19,21). The second kappa shape index (κ2) is 7.49. The van der Waals surface area contributed by atoms with Crippen LogP contribution in [0.5, 0.6) is 5.75 Å². The highest BCUT2D eigenvalue weighted by Gasteiger charge is 2.26. The van der Waals surface area contributed by atoms with Gasteiger partial charge in [0.1, 0.15) is 5.75 Å². The molecule has 1 aliphatic rings. The zero-order chi connectivity index (χ0) is 17.0. The summed E-state index contributed by atoms with van der Waals surface area (Å²) >= 11 is 0. The van der Waals surface area contributed by atoms with Gasteiger partial charge < -0.3 is 15.0 Å². The summed E-state index contributed by atoms with van der Waals surface area (Å²) < 4.78 is 5.27. The molecule has 1 saturated heterocycles. The van der Waals surface area contributed by atoms with E-state index in [1.807, 2.05) is 43.9 Å². The first-order valence-electron chi connectivity index (χ1n) is 8.16. The Morgan fingerprint density at radius 3 is 2.48 bits per heavy atom. The first kappa shape index (κ1) is 17.3. The number of piperidine rings is 1. The number of aryl methyl sites for hydroxylation is 1. The van der Waals surface area contributed by atoms with E-state index in [0.717, 1.165) is 18.4 Å². The molecule has 1 fully saturated rings. The lowest BCUT2D eigenvalue weighted by Crippen LogP contribution is -2.47. The van der Waals surface area contributed by atoms with Gasteiger partial charge in [-0.2, -0.15) is 0 Å². The number of ether oxygens (including phenoxy) is 1. The fraction of sp³-hybridized carbons (Fsp3) is 0.556. The molecule has 0 unspecified atom stereocenters. The molecule has 1 aromatic rings. The Balaban J connectivity index is 1.95. The van der Waals surface area contributed by atoms with Crippen molar-refractivity contribution in [2.75, 3.05) is 20.2 Å². The maximum atomic E-state index is 12.5. The zero-order valence-electron chi connectivity index (χ0n) is 14.4. The van der Waals surface area contributed by atoms with Gasteiger partial charge in [-0.05, 0) is 31.9 Å². The average Bonchev–Trinajstić information content (AvgIpc) is 2.54. The van der Waals surface area contributed by atoms with E-state index in [9.17, 15) is 9.59 Å². The molecule has 0 radical (unpaired) electrons. The molecule has 0 spiro atoms. The number of benzene rings is 1. The molecule has 0 atom stereocenters. The summed E-state index contributed by atoms with van der Waals surface area (Å²) in [6.07, 6.45) is 1.58. The smallest absolute Gasteiger partial charge is 0.255 e. The van der Waals surface area contributed by atoms with Gasteiger partial charge >= 0.3 is 0 Å². The van der Waals surface area contributed by atoms with E-state index in [-0.39, 0.29) is 23.8 Å². The number of hydrogen-bond donors (Lipinski definition) is 1. The lowest BCUT2D eigenvalue weighted by atomic mass is 10.0. The number of nitrogens with one attached hydrogen (secondary N) is 1. The molecule has 5 heteroatoms. The van der Waals surface area contributed by atoms with Crippen LogP contribution in [0.2, 0.25) is 0 Å². The fourth-order valence-corrected chi connectivity index (χ4v) is 2.87. The maximum absolute atomic E-state index is 12.5. The van der Waals surface area contributed by atoms with E-state index in [4.69, 9.17) is 4.74 Å².